The number of hydrogen-bond acceptors (Lipinski definition) is 1. The van der Waals surface area contributed by atoms with Gasteiger partial charge in [-0.3, -0.25) is 0 Å². The molecule has 2 aromatic carbocycles. The van der Waals surface area contributed by atoms with E-state index in [1.165, 1.54) is 12.1 Å². The third kappa shape index (κ3) is 3.92. The summed E-state index contributed by atoms with van der Waals surface area (Å²) in [4.78, 5) is -0.215. The van der Waals surface area contributed by atoms with Crippen LogP contribution in [0.1, 0.15) is 22.9 Å². The summed E-state index contributed by atoms with van der Waals surface area (Å²) in [5.74, 6) is 0.243. The van der Waals surface area contributed by atoms with E-state index in [1.807, 2.05) is 6.92 Å². The lowest BCUT2D eigenvalue weighted by Gasteiger charge is -2.16. The van der Waals surface area contributed by atoms with E-state index in [0.717, 1.165) is 11.1 Å². The Hall–Kier alpha value is -0.290. The number of halogens is 5. The van der Waals surface area contributed by atoms with Crippen molar-refractivity contribution in [1.29, 1.82) is 0 Å². The fourth-order valence-corrected chi connectivity index (χ4v) is 4.17. The van der Waals surface area contributed by atoms with E-state index in [9.17, 15) is 4.39 Å². The third-order valence-electron chi connectivity index (χ3n) is 2.86. The highest BCUT2D eigenvalue weighted by Crippen LogP contribution is 2.42. The molecule has 2 aromatic rings. The molecule has 0 spiro atoms. The molecule has 0 aliphatic carbocycles. The first-order valence-electron chi connectivity index (χ1n) is 6.14. The van der Waals surface area contributed by atoms with Crippen LogP contribution in [0.3, 0.4) is 0 Å². The molecule has 0 saturated carbocycles. The molecule has 0 fully saturated rings. The van der Waals surface area contributed by atoms with Gasteiger partial charge >= 0.3 is 0 Å². The topological polar surface area (TPSA) is 9.23 Å². The van der Waals surface area contributed by atoms with E-state index in [-0.39, 0.29) is 10.6 Å². The molecule has 0 aromatic heterocycles. The molecule has 21 heavy (non-hydrogen) atoms. The lowest BCUT2D eigenvalue weighted by atomic mass is 10.0. The van der Waals surface area contributed by atoms with Crippen LogP contribution in [0, 0.1) is 5.82 Å². The van der Waals surface area contributed by atoms with Crippen LogP contribution < -0.4 is 4.74 Å². The zero-order valence-corrected chi connectivity index (χ0v) is 15.7. The molecule has 1 unspecified atom stereocenters. The largest absolute Gasteiger partial charge is 0.492 e. The van der Waals surface area contributed by atoms with Crippen LogP contribution in [0.5, 0.6) is 5.75 Å². The molecular weight excluding hydrogens is 446 g/mol. The van der Waals surface area contributed by atoms with Crippen LogP contribution in [0.2, 0.25) is 10.0 Å². The van der Waals surface area contributed by atoms with Crippen LogP contribution in [0.25, 0.3) is 0 Å². The van der Waals surface area contributed by atoms with Gasteiger partial charge in [0.05, 0.1) is 16.5 Å². The lowest BCUT2D eigenvalue weighted by molar-refractivity contribution is 0.340. The van der Waals surface area contributed by atoms with Crippen molar-refractivity contribution in [1.82, 2.24) is 0 Å². The quantitative estimate of drug-likeness (QED) is 0.461. The van der Waals surface area contributed by atoms with Crippen LogP contribution in [0.4, 0.5) is 4.39 Å². The predicted octanol–water partition coefficient (Wildman–Crippen LogP) is 6.78. The molecule has 0 saturated heterocycles. The maximum absolute atomic E-state index is 13.2. The number of ether oxygens (including phenoxy) is 1. The van der Waals surface area contributed by atoms with E-state index >= 15 is 0 Å². The summed E-state index contributed by atoms with van der Waals surface area (Å²) in [6.07, 6.45) is 0. The Morgan fingerprint density at radius 3 is 2.48 bits per heavy atom. The van der Waals surface area contributed by atoms with E-state index in [4.69, 9.17) is 27.9 Å². The SMILES string of the molecule is CCOc1cc(Cl)c(C(Br)c2ccc(F)cc2Br)cc1Cl. The molecule has 6 heteroatoms. The molecule has 0 radical (unpaired) electrons. The van der Waals surface area contributed by atoms with Crippen molar-refractivity contribution in [2.45, 2.75) is 11.8 Å². The Balaban J connectivity index is 2.43. The molecular formula is C15H11Br2Cl2FO. The van der Waals surface area contributed by atoms with Crippen molar-refractivity contribution >= 4 is 55.1 Å². The van der Waals surface area contributed by atoms with Gasteiger partial charge in [-0.05, 0) is 36.2 Å². The summed E-state index contributed by atoms with van der Waals surface area (Å²) < 4.78 is 19.3. The van der Waals surface area contributed by atoms with Crippen molar-refractivity contribution in [3.8, 4) is 5.75 Å². The normalized spacial score (nSPS) is 12.3. The second kappa shape index (κ2) is 7.32. The van der Waals surface area contributed by atoms with E-state index < -0.39 is 0 Å². The summed E-state index contributed by atoms with van der Waals surface area (Å²) in [6.45, 7) is 2.39. The first-order chi connectivity index (χ1) is 9.93. The first-order valence-corrected chi connectivity index (χ1v) is 8.61. The summed E-state index contributed by atoms with van der Waals surface area (Å²) in [5.41, 5.74) is 1.65. The van der Waals surface area contributed by atoms with Gasteiger partial charge in [0.2, 0.25) is 0 Å². The van der Waals surface area contributed by atoms with Crippen LogP contribution in [0.15, 0.2) is 34.8 Å². The lowest BCUT2D eigenvalue weighted by Crippen LogP contribution is -1.98. The number of rotatable bonds is 4. The van der Waals surface area contributed by atoms with Crippen molar-refractivity contribution in [3.63, 3.8) is 0 Å². The second-order valence-corrected chi connectivity index (χ2v) is 6.85. The molecule has 112 valence electrons. The van der Waals surface area contributed by atoms with E-state index in [0.29, 0.717) is 26.9 Å². The Morgan fingerprint density at radius 2 is 1.86 bits per heavy atom. The van der Waals surface area contributed by atoms with Gasteiger partial charge in [0, 0.05) is 15.6 Å². The highest BCUT2D eigenvalue weighted by molar-refractivity contribution is 9.11. The molecule has 2 rings (SSSR count). The fraction of sp³-hybridized carbons (Fsp3) is 0.200. The van der Waals surface area contributed by atoms with Gasteiger partial charge in [-0.2, -0.15) is 0 Å². The fourth-order valence-electron chi connectivity index (χ4n) is 1.88. The van der Waals surface area contributed by atoms with Gasteiger partial charge in [-0.25, -0.2) is 4.39 Å². The van der Waals surface area contributed by atoms with Gasteiger partial charge in [0.25, 0.3) is 0 Å². The maximum Gasteiger partial charge on any atom is 0.139 e. The van der Waals surface area contributed by atoms with E-state index in [1.54, 1.807) is 18.2 Å². The van der Waals surface area contributed by atoms with Gasteiger partial charge in [0.1, 0.15) is 11.6 Å². The molecule has 0 N–H and O–H groups in total. The Morgan fingerprint density at radius 1 is 1.14 bits per heavy atom. The minimum absolute atomic E-state index is 0.215. The zero-order chi connectivity index (χ0) is 15.6. The van der Waals surface area contributed by atoms with Crippen molar-refractivity contribution in [2.75, 3.05) is 6.61 Å². The standard InChI is InChI=1S/C15H11Br2Cl2FO/c1-2-21-14-7-12(18)10(6-13(14)19)15(17)9-4-3-8(20)5-11(9)16/h3-7,15H,2H2,1H3. The van der Waals surface area contributed by atoms with Crippen molar-refractivity contribution < 1.29 is 9.13 Å². The second-order valence-electron chi connectivity index (χ2n) is 4.27. The van der Waals surface area contributed by atoms with Crippen molar-refractivity contribution in [2.24, 2.45) is 0 Å². The number of benzene rings is 2. The summed E-state index contributed by atoms with van der Waals surface area (Å²) >= 11 is 19.4. The summed E-state index contributed by atoms with van der Waals surface area (Å²) in [5, 5.41) is 1.01. The highest BCUT2D eigenvalue weighted by atomic mass is 79.9. The van der Waals surface area contributed by atoms with Gasteiger partial charge in [0.15, 0.2) is 0 Å². The maximum atomic E-state index is 13.2. The van der Waals surface area contributed by atoms with Crippen LogP contribution in [-0.4, -0.2) is 6.61 Å². The monoisotopic (exact) mass is 454 g/mol. The number of alkyl halides is 1. The van der Waals surface area contributed by atoms with Crippen LogP contribution >= 0.6 is 55.1 Å². The minimum Gasteiger partial charge on any atom is -0.492 e. The third-order valence-corrected chi connectivity index (χ3v) is 5.16. The Labute approximate surface area is 149 Å². The van der Waals surface area contributed by atoms with Gasteiger partial charge in [-0.15, -0.1) is 0 Å². The van der Waals surface area contributed by atoms with E-state index in [2.05, 4.69) is 31.9 Å². The Kier molecular flexibility index (Phi) is 5.95. The van der Waals surface area contributed by atoms with Gasteiger partial charge in [-0.1, -0.05) is 61.1 Å². The number of hydrogen-bond donors (Lipinski definition) is 0. The molecule has 0 aliphatic rings. The summed E-state index contributed by atoms with van der Waals surface area (Å²) in [6, 6.07) is 7.95. The van der Waals surface area contributed by atoms with Crippen molar-refractivity contribution in [3.05, 3.63) is 61.8 Å². The molecule has 0 aliphatic heterocycles. The highest BCUT2D eigenvalue weighted by Gasteiger charge is 2.19. The smallest absolute Gasteiger partial charge is 0.139 e. The molecule has 0 amide bonds. The molecule has 0 bridgehead atoms. The molecule has 0 heterocycles. The average Bonchev–Trinajstić information content (AvgIpc) is 2.42. The Bertz CT molecular complexity index is 664. The molecule has 1 nitrogen and oxygen atoms in total. The zero-order valence-electron chi connectivity index (χ0n) is 11.0. The summed E-state index contributed by atoms with van der Waals surface area (Å²) in [7, 11) is 0. The van der Waals surface area contributed by atoms with Gasteiger partial charge < -0.3 is 4.74 Å². The van der Waals surface area contributed by atoms with Crippen LogP contribution in [-0.2, 0) is 0 Å². The average molecular weight is 457 g/mol. The predicted molar refractivity (Wildman–Crippen MR) is 92.5 cm³/mol. The molecule has 1 atom stereocenters. The minimum atomic E-state index is -0.304. The first kappa shape index (κ1) is 17.1.